The molecule has 1 aromatic heterocycles. The van der Waals surface area contributed by atoms with Crippen molar-refractivity contribution >= 4 is 28.6 Å². The van der Waals surface area contributed by atoms with Crippen molar-refractivity contribution in [2.45, 2.75) is 0 Å². The molecule has 0 radical (unpaired) electrons. The van der Waals surface area contributed by atoms with Gasteiger partial charge in [0.15, 0.2) is 6.61 Å². The molecule has 0 saturated carbocycles. The first-order valence-electron chi connectivity index (χ1n) is 3.54. The Morgan fingerprint density at radius 2 is 2.46 bits per heavy atom. The Labute approximate surface area is 89.4 Å². The van der Waals surface area contributed by atoms with Crippen LogP contribution in [-0.4, -0.2) is 24.7 Å². The first-order chi connectivity index (χ1) is 6.24. The Kier molecular flexibility index (Phi) is 3.94. The van der Waals surface area contributed by atoms with Crippen molar-refractivity contribution in [1.29, 1.82) is 0 Å². The van der Waals surface area contributed by atoms with Gasteiger partial charge in [-0.3, -0.25) is 0 Å². The summed E-state index contributed by atoms with van der Waals surface area (Å²) in [5.41, 5.74) is 0. The summed E-state index contributed by atoms with van der Waals surface area (Å²) in [7, 11) is 1.31. The molecule has 0 aliphatic carbocycles. The van der Waals surface area contributed by atoms with E-state index in [0.717, 1.165) is 3.57 Å². The number of halogens is 1. The second-order valence-electron chi connectivity index (χ2n) is 2.16. The van der Waals surface area contributed by atoms with Crippen LogP contribution < -0.4 is 4.74 Å². The molecular formula is C8H8INO3. The van der Waals surface area contributed by atoms with E-state index in [9.17, 15) is 4.79 Å². The average Bonchev–Trinajstić information content (AvgIpc) is 2.16. The fourth-order valence-corrected chi connectivity index (χ4v) is 1.17. The highest BCUT2D eigenvalue weighted by Crippen LogP contribution is 2.15. The quantitative estimate of drug-likeness (QED) is 0.621. The Morgan fingerprint density at radius 1 is 1.69 bits per heavy atom. The van der Waals surface area contributed by atoms with Crippen LogP contribution in [-0.2, 0) is 9.53 Å². The standard InChI is InChI=1S/C8H8INO3/c1-12-7(11)5-13-8-6(9)3-2-4-10-8/h2-4H,5H2,1H3. The Hall–Kier alpha value is -0.850. The van der Waals surface area contributed by atoms with E-state index in [2.05, 4.69) is 32.3 Å². The van der Waals surface area contributed by atoms with Gasteiger partial charge in [0.05, 0.1) is 10.7 Å². The SMILES string of the molecule is COC(=O)COc1ncccc1I. The highest BCUT2D eigenvalue weighted by molar-refractivity contribution is 14.1. The summed E-state index contributed by atoms with van der Waals surface area (Å²) >= 11 is 2.08. The monoisotopic (exact) mass is 293 g/mol. The summed E-state index contributed by atoms with van der Waals surface area (Å²) < 4.78 is 10.4. The van der Waals surface area contributed by atoms with E-state index in [1.54, 1.807) is 12.3 Å². The highest BCUT2D eigenvalue weighted by atomic mass is 127. The Morgan fingerprint density at radius 3 is 3.08 bits per heavy atom. The maximum absolute atomic E-state index is 10.7. The van der Waals surface area contributed by atoms with Crippen LogP contribution in [0.3, 0.4) is 0 Å². The maximum atomic E-state index is 10.7. The van der Waals surface area contributed by atoms with Crippen molar-refractivity contribution in [2.75, 3.05) is 13.7 Å². The fourth-order valence-electron chi connectivity index (χ4n) is 0.664. The summed E-state index contributed by atoms with van der Waals surface area (Å²) in [6.07, 6.45) is 1.61. The number of ether oxygens (including phenoxy) is 2. The highest BCUT2D eigenvalue weighted by Gasteiger charge is 2.04. The van der Waals surface area contributed by atoms with Gasteiger partial charge in [-0.25, -0.2) is 9.78 Å². The van der Waals surface area contributed by atoms with Gasteiger partial charge in [0.1, 0.15) is 0 Å². The molecule has 0 amide bonds. The predicted molar refractivity (Wildman–Crippen MR) is 54.5 cm³/mol. The molecule has 0 aromatic carbocycles. The minimum absolute atomic E-state index is 0.108. The summed E-state index contributed by atoms with van der Waals surface area (Å²) in [6, 6.07) is 3.65. The number of methoxy groups -OCH3 is 1. The van der Waals surface area contributed by atoms with Crippen LogP contribution in [0.25, 0.3) is 0 Å². The molecule has 4 nitrogen and oxygen atoms in total. The van der Waals surface area contributed by atoms with Crippen molar-refractivity contribution in [2.24, 2.45) is 0 Å². The van der Waals surface area contributed by atoms with Gasteiger partial charge >= 0.3 is 5.97 Å². The molecule has 0 aliphatic rings. The number of carbonyl (C=O) groups is 1. The van der Waals surface area contributed by atoms with E-state index >= 15 is 0 Å². The zero-order chi connectivity index (χ0) is 9.68. The number of hydrogen-bond acceptors (Lipinski definition) is 4. The lowest BCUT2D eigenvalue weighted by molar-refractivity contribution is -0.143. The molecule has 0 atom stereocenters. The van der Waals surface area contributed by atoms with E-state index in [4.69, 9.17) is 4.74 Å². The van der Waals surface area contributed by atoms with Crippen LogP contribution in [0.1, 0.15) is 0 Å². The number of nitrogens with zero attached hydrogens (tertiary/aromatic N) is 1. The van der Waals surface area contributed by atoms with E-state index < -0.39 is 5.97 Å². The molecule has 0 unspecified atom stereocenters. The molecule has 0 saturated heterocycles. The van der Waals surface area contributed by atoms with E-state index in [1.165, 1.54) is 7.11 Å². The molecule has 0 N–H and O–H groups in total. The molecule has 0 aliphatic heterocycles. The van der Waals surface area contributed by atoms with E-state index in [1.807, 2.05) is 6.07 Å². The smallest absolute Gasteiger partial charge is 0.343 e. The Bertz CT molecular complexity index is 303. The van der Waals surface area contributed by atoms with Gasteiger partial charge in [-0.2, -0.15) is 0 Å². The third-order valence-electron chi connectivity index (χ3n) is 1.28. The van der Waals surface area contributed by atoms with E-state index in [-0.39, 0.29) is 6.61 Å². The molecule has 0 spiro atoms. The third-order valence-corrected chi connectivity index (χ3v) is 2.10. The fraction of sp³-hybridized carbons (Fsp3) is 0.250. The lowest BCUT2D eigenvalue weighted by Gasteiger charge is -2.04. The zero-order valence-corrected chi connectivity index (χ0v) is 9.15. The molecule has 0 fully saturated rings. The zero-order valence-electron chi connectivity index (χ0n) is 6.99. The molecular weight excluding hydrogens is 285 g/mol. The number of carbonyl (C=O) groups excluding carboxylic acids is 1. The van der Waals surface area contributed by atoms with Crippen LogP contribution in [0, 0.1) is 3.57 Å². The van der Waals surface area contributed by atoms with Crippen LogP contribution in [0.15, 0.2) is 18.3 Å². The van der Waals surface area contributed by atoms with Gasteiger partial charge in [-0.05, 0) is 34.7 Å². The van der Waals surface area contributed by atoms with Crippen molar-refractivity contribution in [3.63, 3.8) is 0 Å². The number of pyridine rings is 1. The van der Waals surface area contributed by atoms with Crippen molar-refractivity contribution in [3.8, 4) is 5.88 Å². The molecule has 0 bridgehead atoms. The lowest BCUT2D eigenvalue weighted by atomic mass is 10.5. The van der Waals surface area contributed by atoms with Gasteiger partial charge in [-0.15, -0.1) is 0 Å². The van der Waals surface area contributed by atoms with Gasteiger partial charge in [0, 0.05) is 6.20 Å². The van der Waals surface area contributed by atoms with Crippen LogP contribution in [0.4, 0.5) is 0 Å². The largest absolute Gasteiger partial charge is 0.466 e. The van der Waals surface area contributed by atoms with Crippen LogP contribution >= 0.6 is 22.6 Å². The summed E-state index contributed by atoms with van der Waals surface area (Å²) in [4.78, 5) is 14.7. The molecule has 13 heavy (non-hydrogen) atoms. The maximum Gasteiger partial charge on any atom is 0.343 e. The second kappa shape index (κ2) is 5.00. The van der Waals surface area contributed by atoms with Crippen molar-refractivity contribution in [1.82, 2.24) is 4.98 Å². The van der Waals surface area contributed by atoms with Crippen LogP contribution in [0.5, 0.6) is 5.88 Å². The summed E-state index contributed by atoms with van der Waals surface area (Å²) in [5.74, 6) is 0.0370. The molecule has 1 aromatic rings. The lowest BCUT2D eigenvalue weighted by Crippen LogP contribution is -2.13. The first kappa shape index (κ1) is 10.2. The third kappa shape index (κ3) is 3.17. The van der Waals surface area contributed by atoms with Gasteiger partial charge in [-0.1, -0.05) is 0 Å². The minimum atomic E-state index is -0.415. The minimum Gasteiger partial charge on any atom is -0.466 e. The van der Waals surface area contributed by atoms with Crippen molar-refractivity contribution in [3.05, 3.63) is 21.9 Å². The average molecular weight is 293 g/mol. The molecule has 1 heterocycles. The number of rotatable bonds is 3. The summed E-state index contributed by atoms with van der Waals surface area (Å²) in [5, 5.41) is 0. The second-order valence-corrected chi connectivity index (χ2v) is 3.32. The van der Waals surface area contributed by atoms with Crippen molar-refractivity contribution < 1.29 is 14.3 Å². The van der Waals surface area contributed by atoms with E-state index in [0.29, 0.717) is 5.88 Å². The number of esters is 1. The topological polar surface area (TPSA) is 48.4 Å². The van der Waals surface area contributed by atoms with Gasteiger partial charge in [0.25, 0.3) is 0 Å². The number of aromatic nitrogens is 1. The van der Waals surface area contributed by atoms with Gasteiger partial charge < -0.3 is 9.47 Å². The summed E-state index contributed by atoms with van der Waals surface area (Å²) in [6.45, 7) is -0.108. The molecule has 70 valence electrons. The molecule has 1 rings (SSSR count). The normalized spacial score (nSPS) is 9.38. The van der Waals surface area contributed by atoms with Crippen LogP contribution in [0.2, 0.25) is 0 Å². The first-order valence-corrected chi connectivity index (χ1v) is 4.62. The number of hydrogen-bond donors (Lipinski definition) is 0. The predicted octanol–water partition coefficient (Wildman–Crippen LogP) is 1.24. The Balaban J connectivity index is 2.54. The molecule has 5 heteroatoms. The van der Waals surface area contributed by atoms with Gasteiger partial charge in [0.2, 0.25) is 5.88 Å².